The molecular weight excluding hydrogens is 412 g/mol. The van der Waals surface area contributed by atoms with Gasteiger partial charge in [0.05, 0.1) is 0 Å². The van der Waals surface area contributed by atoms with Gasteiger partial charge in [-0.25, -0.2) is 0 Å². The molecule has 5 nitrogen and oxygen atoms in total. The van der Waals surface area contributed by atoms with Gasteiger partial charge >= 0.3 is 0 Å². The van der Waals surface area contributed by atoms with Crippen LogP contribution in [-0.4, -0.2) is 22.8 Å². The second-order valence-corrected chi connectivity index (χ2v) is 7.85. The number of anilines is 1. The fourth-order valence-corrected chi connectivity index (χ4v) is 3.80. The molecule has 0 fully saturated rings. The van der Waals surface area contributed by atoms with Crippen LogP contribution in [0.4, 0.5) is 5.69 Å². The molecule has 3 aromatic carbocycles. The number of carbonyl (C=O) groups is 2. The maximum absolute atomic E-state index is 13.1. The molecule has 1 N–H and O–H groups in total. The average molecular weight is 435 g/mol. The number of hydrogen-bond donors (Lipinski definition) is 1. The molecule has 1 aliphatic heterocycles. The van der Waals surface area contributed by atoms with Crippen LogP contribution >= 0.6 is 11.6 Å². The topological polar surface area (TPSA) is 58.6 Å². The fraction of sp³-hybridized carbons (Fsp3) is 0.200. The van der Waals surface area contributed by atoms with Crippen molar-refractivity contribution in [3.63, 3.8) is 0 Å². The monoisotopic (exact) mass is 434 g/mol. The van der Waals surface area contributed by atoms with Crippen LogP contribution in [0.5, 0.6) is 5.75 Å². The Morgan fingerprint density at radius 2 is 1.84 bits per heavy atom. The van der Waals surface area contributed by atoms with E-state index in [1.165, 1.54) is 0 Å². The van der Waals surface area contributed by atoms with Gasteiger partial charge in [0.15, 0.2) is 6.10 Å². The van der Waals surface area contributed by atoms with E-state index in [-0.39, 0.29) is 11.8 Å². The molecule has 31 heavy (non-hydrogen) atoms. The number of ether oxygens (including phenoxy) is 1. The number of fused-ring (bicyclic) bond motifs is 1. The Balaban J connectivity index is 1.60. The molecule has 1 heterocycles. The van der Waals surface area contributed by atoms with Crippen molar-refractivity contribution >= 4 is 29.1 Å². The first kappa shape index (κ1) is 20.9. The number of halogens is 1. The van der Waals surface area contributed by atoms with Gasteiger partial charge in [-0.15, -0.1) is 0 Å². The molecule has 1 atom stereocenters. The molecular formula is C25H23ClN2O3. The van der Waals surface area contributed by atoms with Gasteiger partial charge in [-0.1, -0.05) is 54.9 Å². The number of benzene rings is 3. The molecule has 0 aromatic heterocycles. The summed E-state index contributed by atoms with van der Waals surface area (Å²) >= 11 is 6.33. The molecule has 0 bridgehead atoms. The summed E-state index contributed by atoms with van der Waals surface area (Å²) in [7, 11) is 0. The van der Waals surface area contributed by atoms with Crippen molar-refractivity contribution in [1.82, 2.24) is 4.90 Å². The Bertz CT molecular complexity index is 1100. The van der Waals surface area contributed by atoms with Gasteiger partial charge in [-0.3, -0.25) is 9.59 Å². The van der Waals surface area contributed by atoms with E-state index in [2.05, 4.69) is 5.32 Å². The molecule has 0 spiro atoms. The third-order valence-corrected chi connectivity index (χ3v) is 5.63. The Morgan fingerprint density at radius 1 is 1.10 bits per heavy atom. The predicted molar refractivity (Wildman–Crippen MR) is 121 cm³/mol. The SMILES string of the molecule is CCC1Oc2ccc(NC(=O)c3ccccc3)cc2CN(Cc2ccccc2Cl)C1=O. The maximum Gasteiger partial charge on any atom is 0.264 e. The average Bonchev–Trinajstić information content (AvgIpc) is 2.92. The first-order valence-electron chi connectivity index (χ1n) is 10.2. The van der Waals surface area contributed by atoms with E-state index in [1.54, 1.807) is 23.1 Å². The Labute approximate surface area is 186 Å². The van der Waals surface area contributed by atoms with Crippen molar-refractivity contribution in [1.29, 1.82) is 0 Å². The Kier molecular flexibility index (Phi) is 6.23. The Hall–Kier alpha value is -3.31. The standard InChI is InChI=1S/C25H23ClN2O3/c1-2-22-25(30)28(15-18-10-6-7-11-21(18)26)16-19-14-20(12-13-23(19)31-22)27-24(29)17-8-4-3-5-9-17/h3-14,22H,2,15-16H2,1H3,(H,27,29). The summed E-state index contributed by atoms with van der Waals surface area (Å²) in [6.07, 6.45) is -0.00226. The van der Waals surface area contributed by atoms with Crippen molar-refractivity contribution in [3.8, 4) is 5.75 Å². The van der Waals surface area contributed by atoms with Gasteiger partial charge in [-0.05, 0) is 48.4 Å². The zero-order chi connectivity index (χ0) is 21.8. The molecule has 1 unspecified atom stereocenters. The third kappa shape index (κ3) is 4.72. The lowest BCUT2D eigenvalue weighted by Gasteiger charge is -2.23. The van der Waals surface area contributed by atoms with Gasteiger partial charge < -0.3 is 15.0 Å². The van der Waals surface area contributed by atoms with E-state index in [4.69, 9.17) is 16.3 Å². The van der Waals surface area contributed by atoms with Gasteiger partial charge in [0, 0.05) is 34.9 Å². The zero-order valence-corrected chi connectivity index (χ0v) is 17.9. The van der Waals surface area contributed by atoms with Crippen LogP contribution < -0.4 is 10.1 Å². The molecule has 0 aliphatic carbocycles. The normalized spacial score (nSPS) is 15.6. The number of amides is 2. The molecule has 0 saturated heterocycles. The third-order valence-electron chi connectivity index (χ3n) is 5.26. The van der Waals surface area contributed by atoms with Crippen LogP contribution in [-0.2, 0) is 17.9 Å². The van der Waals surface area contributed by atoms with Crippen LogP contribution in [0.15, 0.2) is 72.8 Å². The summed E-state index contributed by atoms with van der Waals surface area (Å²) in [5, 5.41) is 3.54. The van der Waals surface area contributed by atoms with Gasteiger partial charge in [0.25, 0.3) is 11.8 Å². The smallest absolute Gasteiger partial charge is 0.264 e. The molecule has 0 radical (unpaired) electrons. The van der Waals surface area contributed by atoms with Crippen LogP contribution in [0.25, 0.3) is 0 Å². The summed E-state index contributed by atoms with van der Waals surface area (Å²) in [6, 6.07) is 22.0. The highest BCUT2D eigenvalue weighted by Crippen LogP contribution is 2.31. The highest BCUT2D eigenvalue weighted by Gasteiger charge is 2.30. The van der Waals surface area contributed by atoms with E-state index in [9.17, 15) is 9.59 Å². The van der Waals surface area contributed by atoms with Crippen LogP contribution in [0.3, 0.4) is 0 Å². The molecule has 158 valence electrons. The van der Waals surface area contributed by atoms with Crippen molar-refractivity contribution < 1.29 is 14.3 Å². The van der Waals surface area contributed by atoms with E-state index in [1.807, 2.05) is 61.5 Å². The van der Waals surface area contributed by atoms with E-state index in [0.29, 0.717) is 41.5 Å². The van der Waals surface area contributed by atoms with Gasteiger partial charge in [0.1, 0.15) is 5.75 Å². The highest BCUT2D eigenvalue weighted by atomic mass is 35.5. The summed E-state index contributed by atoms with van der Waals surface area (Å²) < 4.78 is 6.02. The predicted octanol–water partition coefficient (Wildman–Crippen LogP) is 5.29. The minimum atomic E-state index is -0.562. The first-order chi connectivity index (χ1) is 15.0. The van der Waals surface area contributed by atoms with Gasteiger partial charge in [-0.2, -0.15) is 0 Å². The zero-order valence-electron chi connectivity index (χ0n) is 17.2. The second-order valence-electron chi connectivity index (χ2n) is 7.44. The van der Waals surface area contributed by atoms with Crippen LogP contribution in [0, 0.1) is 0 Å². The number of nitrogens with one attached hydrogen (secondary N) is 1. The van der Waals surface area contributed by atoms with Crippen molar-refractivity contribution in [2.75, 3.05) is 5.32 Å². The quantitative estimate of drug-likeness (QED) is 0.593. The minimum Gasteiger partial charge on any atom is -0.480 e. The fourth-order valence-electron chi connectivity index (χ4n) is 3.60. The molecule has 2 amide bonds. The van der Waals surface area contributed by atoms with Crippen LogP contribution in [0.1, 0.15) is 34.8 Å². The number of rotatable bonds is 5. The van der Waals surface area contributed by atoms with Crippen molar-refractivity contribution in [2.24, 2.45) is 0 Å². The maximum atomic E-state index is 13.1. The van der Waals surface area contributed by atoms with Gasteiger partial charge in [0.2, 0.25) is 0 Å². The highest BCUT2D eigenvalue weighted by molar-refractivity contribution is 6.31. The van der Waals surface area contributed by atoms with E-state index >= 15 is 0 Å². The summed E-state index contributed by atoms with van der Waals surface area (Å²) in [5.41, 5.74) is 2.94. The molecule has 0 saturated carbocycles. The molecule has 6 heteroatoms. The van der Waals surface area contributed by atoms with Crippen molar-refractivity contribution in [3.05, 3.63) is 94.5 Å². The number of carbonyl (C=O) groups excluding carboxylic acids is 2. The lowest BCUT2D eigenvalue weighted by Crippen LogP contribution is -2.38. The summed E-state index contributed by atoms with van der Waals surface area (Å²) in [4.78, 5) is 27.4. The lowest BCUT2D eigenvalue weighted by molar-refractivity contribution is -0.139. The molecule has 4 rings (SSSR count). The molecule has 1 aliphatic rings. The summed E-state index contributed by atoms with van der Waals surface area (Å²) in [5.74, 6) is 0.388. The van der Waals surface area contributed by atoms with E-state index < -0.39 is 6.10 Å². The number of nitrogens with zero attached hydrogens (tertiary/aromatic N) is 1. The summed E-state index contributed by atoms with van der Waals surface area (Å²) in [6.45, 7) is 2.68. The Morgan fingerprint density at radius 3 is 2.58 bits per heavy atom. The first-order valence-corrected chi connectivity index (χ1v) is 10.6. The molecule has 3 aromatic rings. The largest absolute Gasteiger partial charge is 0.480 e. The number of hydrogen-bond acceptors (Lipinski definition) is 3. The van der Waals surface area contributed by atoms with E-state index in [0.717, 1.165) is 11.1 Å². The van der Waals surface area contributed by atoms with Crippen LogP contribution in [0.2, 0.25) is 5.02 Å². The second kappa shape index (κ2) is 9.23. The van der Waals surface area contributed by atoms with Crippen molar-refractivity contribution in [2.45, 2.75) is 32.5 Å². The minimum absolute atomic E-state index is 0.0755. The lowest BCUT2D eigenvalue weighted by atomic mass is 10.1.